The van der Waals surface area contributed by atoms with Gasteiger partial charge in [-0.1, -0.05) is 30.3 Å². The number of nitrogens with zero attached hydrogens (tertiary/aromatic N) is 1. The topological polar surface area (TPSA) is 45.1 Å². The molecule has 2 aromatic carbocycles. The summed E-state index contributed by atoms with van der Waals surface area (Å²) in [4.78, 5) is 4.55. The van der Waals surface area contributed by atoms with Crippen LogP contribution in [0.15, 0.2) is 60.7 Å². The third kappa shape index (κ3) is 2.56. The Morgan fingerprint density at radius 3 is 2.74 bits per heavy atom. The van der Waals surface area contributed by atoms with Crippen molar-refractivity contribution in [2.75, 3.05) is 5.32 Å². The van der Waals surface area contributed by atoms with Crippen LogP contribution in [0.5, 0.6) is 0 Å². The molecule has 3 heteroatoms. The van der Waals surface area contributed by atoms with E-state index in [0.717, 1.165) is 28.0 Å². The minimum atomic E-state index is 0.0423. The predicted molar refractivity (Wildman–Crippen MR) is 77.4 cm³/mol. The van der Waals surface area contributed by atoms with Crippen molar-refractivity contribution in [1.82, 2.24) is 4.98 Å². The van der Waals surface area contributed by atoms with Crippen molar-refractivity contribution >= 4 is 22.4 Å². The number of aliphatic hydroxyl groups is 1. The summed E-state index contributed by atoms with van der Waals surface area (Å²) in [5, 5.41) is 13.5. The molecule has 0 fully saturated rings. The van der Waals surface area contributed by atoms with Gasteiger partial charge in [0.2, 0.25) is 0 Å². The fourth-order valence-electron chi connectivity index (χ4n) is 2.03. The van der Waals surface area contributed by atoms with E-state index in [1.165, 1.54) is 0 Å². The first-order valence-corrected chi connectivity index (χ1v) is 6.18. The second-order valence-electron chi connectivity index (χ2n) is 4.37. The predicted octanol–water partition coefficient (Wildman–Crippen LogP) is 3.47. The zero-order valence-corrected chi connectivity index (χ0v) is 10.4. The smallest absolute Gasteiger partial charge is 0.131 e. The number of rotatable bonds is 3. The van der Waals surface area contributed by atoms with Crippen LogP contribution in [-0.2, 0) is 6.61 Å². The molecule has 19 heavy (non-hydrogen) atoms. The van der Waals surface area contributed by atoms with Gasteiger partial charge in [-0.15, -0.1) is 0 Å². The maximum Gasteiger partial charge on any atom is 0.131 e. The molecule has 0 amide bonds. The van der Waals surface area contributed by atoms with E-state index in [9.17, 15) is 0 Å². The fourth-order valence-corrected chi connectivity index (χ4v) is 2.03. The number of hydrogen-bond donors (Lipinski definition) is 2. The molecule has 1 aromatic heterocycles. The summed E-state index contributed by atoms with van der Waals surface area (Å²) in [6.07, 6.45) is 0. The van der Waals surface area contributed by atoms with Crippen molar-refractivity contribution in [3.8, 4) is 0 Å². The summed E-state index contributed by atoms with van der Waals surface area (Å²) in [7, 11) is 0. The maximum atomic E-state index is 9.13. The Labute approximate surface area is 111 Å². The lowest BCUT2D eigenvalue weighted by atomic mass is 10.2. The SMILES string of the molecule is OCc1cccc(Nc2ccc3ccccc3n2)c1. The maximum absolute atomic E-state index is 9.13. The van der Waals surface area contributed by atoms with Crippen LogP contribution in [0.3, 0.4) is 0 Å². The zero-order chi connectivity index (χ0) is 13.1. The van der Waals surface area contributed by atoms with E-state index in [1.807, 2.05) is 60.7 Å². The average molecular weight is 250 g/mol. The van der Waals surface area contributed by atoms with Gasteiger partial charge in [0.15, 0.2) is 0 Å². The Bertz CT molecular complexity index is 710. The molecule has 0 atom stereocenters. The van der Waals surface area contributed by atoms with Crippen LogP contribution in [0.2, 0.25) is 0 Å². The van der Waals surface area contributed by atoms with Gasteiger partial charge in [0, 0.05) is 11.1 Å². The first-order valence-electron chi connectivity index (χ1n) is 6.18. The second kappa shape index (κ2) is 5.08. The molecule has 2 N–H and O–H groups in total. The quantitative estimate of drug-likeness (QED) is 0.748. The largest absolute Gasteiger partial charge is 0.392 e. The normalized spacial score (nSPS) is 10.6. The van der Waals surface area contributed by atoms with Crippen LogP contribution in [-0.4, -0.2) is 10.1 Å². The third-order valence-electron chi connectivity index (χ3n) is 2.98. The van der Waals surface area contributed by atoms with E-state index in [2.05, 4.69) is 10.3 Å². The minimum Gasteiger partial charge on any atom is -0.392 e. The van der Waals surface area contributed by atoms with Gasteiger partial charge in [0.1, 0.15) is 5.82 Å². The molecule has 3 nitrogen and oxygen atoms in total. The molecular weight excluding hydrogens is 236 g/mol. The lowest BCUT2D eigenvalue weighted by Crippen LogP contribution is -1.94. The highest BCUT2D eigenvalue weighted by Gasteiger charge is 1.99. The number of aromatic nitrogens is 1. The monoisotopic (exact) mass is 250 g/mol. The van der Waals surface area contributed by atoms with Gasteiger partial charge in [0.05, 0.1) is 12.1 Å². The second-order valence-corrected chi connectivity index (χ2v) is 4.37. The summed E-state index contributed by atoms with van der Waals surface area (Å²) < 4.78 is 0. The van der Waals surface area contributed by atoms with Crippen molar-refractivity contribution in [3.05, 3.63) is 66.2 Å². The molecular formula is C16H14N2O. The summed E-state index contributed by atoms with van der Waals surface area (Å²) in [5.74, 6) is 0.800. The van der Waals surface area contributed by atoms with Crippen LogP contribution < -0.4 is 5.32 Å². The van der Waals surface area contributed by atoms with Gasteiger partial charge < -0.3 is 10.4 Å². The molecule has 3 rings (SSSR count). The van der Waals surface area contributed by atoms with Crippen LogP contribution in [0.4, 0.5) is 11.5 Å². The Kier molecular flexibility index (Phi) is 3.12. The minimum absolute atomic E-state index is 0.0423. The van der Waals surface area contributed by atoms with Crippen molar-refractivity contribution in [2.24, 2.45) is 0 Å². The molecule has 0 unspecified atom stereocenters. The van der Waals surface area contributed by atoms with E-state index in [1.54, 1.807) is 0 Å². The molecule has 0 spiro atoms. The number of anilines is 2. The Morgan fingerprint density at radius 1 is 0.947 bits per heavy atom. The average Bonchev–Trinajstić information content (AvgIpc) is 2.47. The van der Waals surface area contributed by atoms with Gasteiger partial charge in [-0.3, -0.25) is 0 Å². The highest BCUT2D eigenvalue weighted by molar-refractivity contribution is 5.80. The van der Waals surface area contributed by atoms with Gasteiger partial charge in [0.25, 0.3) is 0 Å². The van der Waals surface area contributed by atoms with E-state index in [4.69, 9.17) is 5.11 Å². The van der Waals surface area contributed by atoms with Gasteiger partial charge in [-0.25, -0.2) is 4.98 Å². The molecule has 0 bridgehead atoms. The van der Waals surface area contributed by atoms with Crippen molar-refractivity contribution in [2.45, 2.75) is 6.61 Å². The Hall–Kier alpha value is -2.39. The first kappa shape index (κ1) is 11.7. The molecule has 1 heterocycles. The highest BCUT2D eigenvalue weighted by Crippen LogP contribution is 2.19. The van der Waals surface area contributed by atoms with Gasteiger partial charge >= 0.3 is 0 Å². The standard InChI is InChI=1S/C16H14N2O/c19-11-12-4-3-6-14(10-12)17-16-9-8-13-5-1-2-7-15(13)18-16/h1-10,19H,11H2,(H,17,18). The molecule has 0 radical (unpaired) electrons. The van der Waals surface area contributed by atoms with Gasteiger partial charge in [-0.2, -0.15) is 0 Å². The molecule has 0 aliphatic heterocycles. The van der Waals surface area contributed by atoms with E-state index in [-0.39, 0.29) is 6.61 Å². The summed E-state index contributed by atoms with van der Waals surface area (Å²) in [5.41, 5.74) is 2.77. The summed E-state index contributed by atoms with van der Waals surface area (Å²) in [6, 6.07) is 19.7. The number of nitrogens with one attached hydrogen (secondary N) is 1. The number of aliphatic hydroxyl groups excluding tert-OH is 1. The molecule has 3 aromatic rings. The van der Waals surface area contributed by atoms with Crippen molar-refractivity contribution < 1.29 is 5.11 Å². The summed E-state index contributed by atoms with van der Waals surface area (Å²) in [6.45, 7) is 0.0423. The van der Waals surface area contributed by atoms with Crippen LogP contribution in [0.1, 0.15) is 5.56 Å². The van der Waals surface area contributed by atoms with E-state index >= 15 is 0 Å². The van der Waals surface area contributed by atoms with E-state index in [0.29, 0.717) is 0 Å². The van der Waals surface area contributed by atoms with Crippen LogP contribution in [0.25, 0.3) is 10.9 Å². The number of hydrogen-bond acceptors (Lipinski definition) is 3. The lowest BCUT2D eigenvalue weighted by molar-refractivity contribution is 0.282. The third-order valence-corrected chi connectivity index (χ3v) is 2.98. The number of fused-ring (bicyclic) bond motifs is 1. The molecule has 0 saturated heterocycles. The fraction of sp³-hybridized carbons (Fsp3) is 0.0625. The Balaban J connectivity index is 1.92. The van der Waals surface area contributed by atoms with Crippen LogP contribution >= 0.6 is 0 Å². The van der Waals surface area contributed by atoms with Crippen molar-refractivity contribution in [3.63, 3.8) is 0 Å². The molecule has 94 valence electrons. The highest BCUT2D eigenvalue weighted by atomic mass is 16.3. The molecule has 0 saturated carbocycles. The zero-order valence-electron chi connectivity index (χ0n) is 10.4. The molecule has 0 aliphatic carbocycles. The number of pyridine rings is 1. The number of para-hydroxylation sites is 1. The van der Waals surface area contributed by atoms with E-state index < -0.39 is 0 Å². The lowest BCUT2D eigenvalue weighted by Gasteiger charge is -2.07. The number of benzene rings is 2. The Morgan fingerprint density at radius 2 is 1.84 bits per heavy atom. The van der Waals surface area contributed by atoms with Crippen molar-refractivity contribution in [1.29, 1.82) is 0 Å². The molecule has 0 aliphatic rings. The van der Waals surface area contributed by atoms with Crippen LogP contribution in [0, 0.1) is 0 Å². The first-order chi connectivity index (χ1) is 9.35. The summed E-state index contributed by atoms with van der Waals surface area (Å²) >= 11 is 0. The van der Waals surface area contributed by atoms with Gasteiger partial charge in [-0.05, 0) is 35.9 Å².